The van der Waals surface area contributed by atoms with E-state index in [1.54, 1.807) is 0 Å². The van der Waals surface area contributed by atoms with Gasteiger partial charge in [-0.1, -0.05) is 61.3 Å². The van der Waals surface area contributed by atoms with Crippen LogP contribution in [-0.4, -0.2) is 5.11 Å². The first-order chi connectivity index (χ1) is 9.11. The third-order valence-corrected chi connectivity index (χ3v) is 3.58. The molecular formula is C17H19ClO. The van der Waals surface area contributed by atoms with Gasteiger partial charge in [0, 0.05) is 10.6 Å². The fourth-order valence-corrected chi connectivity index (χ4v) is 2.58. The Bertz CT molecular complexity index is 563. The van der Waals surface area contributed by atoms with Crippen molar-refractivity contribution in [3.63, 3.8) is 0 Å². The van der Waals surface area contributed by atoms with E-state index in [1.807, 2.05) is 37.3 Å². The number of hydrogen-bond acceptors (Lipinski definition) is 1. The predicted molar refractivity (Wildman–Crippen MR) is 80.7 cm³/mol. The van der Waals surface area contributed by atoms with Gasteiger partial charge in [-0.25, -0.2) is 0 Å². The van der Waals surface area contributed by atoms with Crippen LogP contribution in [0.1, 0.15) is 41.7 Å². The maximum atomic E-state index is 10.5. The van der Waals surface area contributed by atoms with Gasteiger partial charge in [-0.15, -0.1) is 0 Å². The first-order valence-corrected chi connectivity index (χ1v) is 7.02. The Morgan fingerprint density at radius 3 is 2.63 bits per heavy atom. The zero-order valence-electron chi connectivity index (χ0n) is 11.4. The number of aliphatic hydroxyl groups is 1. The van der Waals surface area contributed by atoms with E-state index in [9.17, 15) is 5.11 Å². The summed E-state index contributed by atoms with van der Waals surface area (Å²) in [7, 11) is 0. The molecule has 0 aliphatic rings. The Balaban J connectivity index is 2.32. The van der Waals surface area contributed by atoms with Crippen molar-refractivity contribution in [2.75, 3.05) is 0 Å². The van der Waals surface area contributed by atoms with Gasteiger partial charge in [-0.3, -0.25) is 0 Å². The molecule has 0 saturated carbocycles. The molecular weight excluding hydrogens is 256 g/mol. The smallest absolute Gasteiger partial charge is 0.105 e. The summed E-state index contributed by atoms with van der Waals surface area (Å²) in [6, 6.07) is 13.8. The normalized spacial score (nSPS) is 12.4. The second-order valence-corrected chi connectivity index (χ2v) is 5.33. The molecule has 1 atom stereocenters. The summed E-state index contributed by atoms with van der Waals surface area (Å²) >= 11 is 6.22. The quantitative estimate of drug-likeness (QED) is 0.858. The summed E-state index contributed by atoms with van der Waals surface area (Å²) in [4.78, 5) is 0. The minimum atomic E-state index is -0.662. The van der Waals surface area contributed by atoms with Gasteiger partial charge in [-0.05, 0) is 36.1 Å². The van der Waals surface area contributed by atoms with E-state index in [-0.39, 0.29) is 0 Å². The molecule has 0 aliphatic heterocycles. The molecule has 0 fully saturated rings. The molecule has 0 amide bonds. The van der Waals surface area contributed by atoms with Crippen molar-refractivity contribution < 1.29 is 5.11 Å². The van der Waals surface area contributed by atoms with Gasteiger partial charge in [0.1, 0.15) is 6.10 Å². The van der Waals surface area contributed by atoms with E-state index in [4.69, 9.17) is 11.6 Å². The third-order valence-electron chi connectivity index (χ3n) is 3.26. The summed E-state index contributed by atoms with van der Waals surface area (Å²) in [5.74, 6) is 0. The van der Waals surface area contributed by atoms with Crippen LogP contribution in [0, 0.1) is 6.92 Å². The van der Waals surface area contributed by atoms with Crippen LogP contribution in [0.4, 0.5) is 0 Å². The van der Waals surface area contributed by atoms with Crippen molar-refractivity contribution in [2.45, 2.75) is 32.8 Å². The monoisotopic (exact) mass is 274 g/mol. The summed E-state index contributed by atoms with van der Waals surface area (Å²) in [6.45, 7) is 4.14. The average molecular weight is 275 g/mol. The van der Waals surface area contributed by atoms with Crippen molar-refractivity contribution in [1.82, 2.24) is 0 Å². The lowest BCUT2D eigenvalue weighted by atomic mass is 9.98. The minimum Gasteiger partial charge on any atom is -0.384 e. The molecule has 0 heterocycles. The number of hydrogen-bond donors (Lipinski definition) is 1. The van der Waals surface area contributed by atoms with Gasteiger partial charge in [-0.2, -0.15) is 0 Å². The molecule has 2 aromatic rings. The van der Waals surface area contributed by atoms with E-state index < -0.39 is 6.10 Å². The fraction of sp³-hybridized carbons (Fsp3) is 0.294. The van der Waals surface area contributed by atoms with Crippen LogP contribution in [0.5, 0.6) is 0 Å². The number of benzene rings is 2. The molecule has 2 rings (SSSR count). The molecule has 100 valence electrons. The van der Waals surface area contributed by atoms with Gasteiger partial charge < -0.3 is 5.11 Å². The van der Waals surface area contributed by atoms with E-state index in [0.29, 0.717) is 5.02 Å². The van der Waals surface area contributed by atoms with Crippen LogP contribution in [0.3, 0.4) is 0 Å². The highest BCUT2D eigenvalue weighted by Gasteiger charge is 2.14. The number of halogens is 1. The summed E-state index contributed by atoms with van der Waals surface area (Å²) in [5.41, 5.74) is 4.01. The van der Waals surface area contributed by atoms with Crippen LogP contribution in [0.2, 0.25) is 5.02 Å². The largest absolute Gasteiger partial charge is 0.384 e. The Labute approximate surface area is 119 Å². The Morgan fingerprint density at radius 1 is 1.16 bits per heavy atom. The molecule has 0 aromatic heterocycles. The highest BCUT2D eigenvalue weighted by Crippen LogP contribution is 2.29. The van der Waals surface area contributed by atoms with Gasteiger partial charge in [0.2, 0.25) is 0 Å². The second kappa shape index (κ2) is 6.23. The highest BCUT2D eigenvalue weighted by molar-refractivity contribution is 6.31. The molecule has 0 radical (unpaired) electrons. The molecule has 0 spiro atoms. The van der Waals surface area contributed by atoms with Crippen LogP contribution >= 0.6 is 11.6 Å². The highest BCUT2D eigenvalue weighted by atomic mass is 35.5. The molecule has 19 heavy (non-hydrogen) atoms. The minimum absolute atomic E-state index is 0.619. The average Bonchev–Trinajstić information content (AvgIpc) is 2.39. The summed E-state index contributed by atoms with van der Waals surface area (Å²) < 4.78 is 0. The van der Waals surface area contributed by atoms with Gasteiger partial charge >= 0.3 is 0 Å². The van der Waals surface area contributed by atoms with E-state index >= 15 is 0 Å². The topological polar surface area (TPSA) is 20.2 Å². The summed E-state index contributed by atoms with van der Waals surface area (Å²) in [6.07, 6.45) is 1.47. The predicted octanol–water partition coefficient (Wildman–Crippen LogP) is 4.68. The van der Waals surface area contributed by atoms with Crippen LogP contribution in [0.15, 0.2) is 42.5 Å². The van der Waals surface area contributed by atoms with Gasteiger partial charge in [0.15, 0.2) is 0 Å². The second-order valence-electron chi connectivity index (χ2n) is 4.92. The van der Waals surface area contributed by atoms with E-state index in [2.05, 4.69) is 19.1 Å². The van der Waals surface area contributed by atoms with Crippen molar-refractivity contribution in [1.29, 1.82) is 0 Å². The molecule has 2 heteroatoms. The Kier molecular flexibility index (Phi) is 4.62. The third kappa shape index (κ3) is 3.37. The molecule has 0 aliphatic carbocycles. The molecule has 1 N–H and O–H groups in total. The van der Waals surface area contributed by atoms with Crippen molar-refractivity contribution in [3.05, 3.63) is 69.7 Å². The van der Waals surface area contributed by atoms with E-state index in [1.165, 1.54) is 5.56 Å². The van der Waals surface area contributed by atoms with Gasteiger partial charge in [0.25, 0.3) is 0 Å². The summed E-state index contributed by atoms with van der Waals surface area (Å²) in [5, 5.41) is 11.1. The van der Waals surface area contributed by atoms with Crippen molar-refractivity contribution in [2.24, 2.45) is 0 Å². The van der Waals surface area contributed by atoms with Crippen molar-refractivity contribution in [3.8, 4) is 0 Å². The zero-order chi connectivity index (χ0) is 13.8. The van der Waals surface area contributed by atoms with Crippen molar-refractivity contribution >= 4 is 11.6 Å². The SMILES string of the molecule is CCCc1cccc(C(O)c2ccc(C)cc2Cl)c1. The van der Waals surface area contributed by atoms with Crippen LogP contribution in [-0.2, 0) is 6.42 Å². The first-order valence-electron chi connectivity index (χ1n) is 6.64. The van der Waals surface area contributed by atoms with Crippen LogP contribution in [0.25, 0.3) is 0 Å². The molecule has 1 nitrogen and oxygen atoms in total. The maximum absolute atomic E-state index is 10.5. The van der Waals surface area contributed by atoms with E-state index in [0.717, 1.165) is 29.5 Å². The Hall–Kier alpha value is -1.31. The lowest BCUT2D eigenvalue weighted by Crippen LogP contribution is -2.01. The molecule has 0 bridgehead atoms. The van der Waals surface area contributed by atoms with Crippen LogP contribution < -0.4 is 0 Å². The molecule has 0 saturated heterocycles. The fourth-order valence-electron chi connectivity index (χ4n) is 2.24. The molecule has 1 unspecified atom stereocenters. The lowest BCUT2D eigenvalue weighted by molar-refractivity contribution is 0.220. The first kappa shape index (κ1) is 14.1. The molecule has 2 aromatic carbocycles. The zero-order valence-corrected chi connectivity index (χ0v) is 12.1. The lowest BCUT2D eigenvalue weighted by Gasteiger charge is -2.14. The Morgan fingerprint density at radius 2 is 1.95 bits per heavy atom. The number of rotatable bonds is 4. The standard InChI is InChI=1S/C17H19ClO/c1-3-5-13-6-4-7-14(11-13)17(19)15-9-8-12(2)10-16(15)18/h4,6-11,17,19H,3,5H2,1-2H3. The maximum Gasteiger partial charge on any atom is 0.105 e. The van der Waals surface area contributed by atoms with Gasteiger partial charge in [0.05, 0.1) is 0 Å². The number of aliphatic hydroxyl groups excluding tert-OH is 1. The number of aryl methyl sites for hydroxylation is 2.